The quantitative estimate of drug-likeness (QED) is 0.0303. The average molecular weight is 1750 g/mol. The van der Waals surface area contributed by atoms with Gasteiger partial charge >= 0.3 is 23.9 Å². The minimum atomic E-state index is -4.40. The number of carbonyl (C=O) groups is 4. The molecule has 8 heterocycles. The van der Waals surface area contributed by atoms with Crippen molar-refractivity contribution in [1.29, 1.82) is 0 Å². The second-order valence-corrected chi connectivity index (χ2v) is 28.8. The van der Waals surface area contributed by atoms with Crippen LogP contribution in [0.2, 0.25) is 0 Å². The van der Waals surface area contributed by atoms with E-state index >= 15 is 0 Å². The molecular weight excluding hydrogens is 1520 g/mol. The van der Waals surface area contributed by atoms with E-state index in [-0.39, 0.29) is 38.0 Å². The number of methoxy groups -OCH3 is 8. The highest BCUT2D eigenvalue weighted by atomic mass is 16.6. The lowest BCUT2D eigenvalue weighted by atomic mass is 9.79. The summed E-state index contributed by atoms with van der Waals surface area (Å²) in [6, 6.07) is -28.0. The molecule has 20 atom stereocenters. The van der Waals surface area contributed by atoms with Crippen LogP contribution < -0.4 is 60.8 Å². The van der Waals surface area contributed by atoms with E-state index in [0.29, 0.717) is 32.6 Å². The number of benzene rings is 4. The van der Waals surface area contributed by atoms with E-state index in [4.69, 9.17) is 140 Å². The van der Waals surface area contributed by atoms with Gasteiger partial charge in [0.1, 0.15) is 48.5 Å². The third-order valence-corrected chi connectivity index (χ3v) is 18.5. The first-order valence-corrected chi connectivity index (χ1v) is 37.4. The molecule has 12 rings (SSSR count). The number of esters is 4. The molecule has 16 unspecified atom stereocenters. The Morgan fingerprint density at radius 2 is 0.558 bits per heavy atom. The first kappa shape index (κ1) is 38.0. The van der Waals surface area contributed by atoms with Crippen LogP contribution in [0.3, 0.4) is 0 Å². The Balaban J connectivity index is 0.000000278. The zero-order valence-corrected chi connectivity index (χ0v) is 68.9. The van der Waals surface area contributed by atoms with Crippen LogP contribution in [0.4, 0.5) is 0 Å². The molecule has 4 saturated heterocycles. The van der Waals surface area contributed by atoms with Crippen LogP contribution in [0.5, 0.6) is 46.0 Å². The van der Waals surface area contributed by atoms with E-state index in [1.807, 2.05) is 0 Å². The molecule has 0 amide bonds. The number of ether oxygens (including phenoxy) is 12. The summed E-state index contributed by atoms with van der Waals surface area (Å²) in [5.74, 6) is -47.0. The van der Waals surface area contributed by atoms with Gasteiger partial charge in [-0.05, 0) is 191 Å². The molecule has 0 aromatic heterocycles. The molecule has 0 bridgehead atoms. The van der Waals surface area contributed by atoms with Gasteiger partial charge in [0.25, 0.3) is 0 Å². The Morgan fingerprint density at radius 3 is 0.742 bits per heavy atom. The molecule has 672 valence electrons. The normalized spacial score (nSPS) is 47.7. The number of nitrogens with two attached hydrogens (primary N) is 4. The monoisotopic (exact) mass is 1750 g/mol. The zero-order valence-electron chi connectivity index (χ0n) is 141. The van der Waals surface area contributed by atoms with Gasteiger partial charge in [-0.25, -0.2) is 0 Å². The number of nitrogens with zero attached hydrogens (tertiary/aromatic N) is 4. The van der Waals surface area contributed by atoms with E-state index in [1.54, 1.807) is 0 Å². The summed E-state index contributed by atoms with van der Waals surface area (Å²) in [6.45, 7) is -20.3. The van der Waals surface area contributed by atoms with Crippen LogP contribution in [-0.2, 0) is 63.8 Å². The van der Waals surface area contributed by atoms with Crippen molar-refractivity contribution in [2.24, 2.45) is 93.8 Å². The van der Waals surface area contributed by atoms with Crippen molar-refractivity contribution in [3.8, 4) is 46.0 Å². The van der Waals surface area contributed by atoms with Crippen LogP contribution >= 0.6 is 0 Å². The SMILES string of the molecule is [2H]c1c2c(c([2H])c(OC([2H])([2H])[2H])c1OC([2H])([2H])[2H])C1([2H])N(CC2)C([2H])([2H])C([2H])(C([2H])([2H])C([2H])(C)C([2H])([2H])[2H])C([2H])(OC(=O)[C@@H](N)C(C)C)C1([2H])[2H].[2H]c1c2c(c([2H])c(OC([2H])([2H])[2H])c1OC)C1([2H])N(CC2)C([2H])([2H])C([2H])(C([2H])([2H])C([2H])(C)C([2H])([2H])[2H])C([2H])(OC(=O)[C@@H](N)C(C)C)C1([2H])[2H].[2H]c1c2c(c([2H])c(OC)c1OC([2H])([2H])[2H])C1([2H])N(CC2)C([2H])([2H])C([2H])(C([2H])([2H])C([2H])(C)C([2H])([2H])[2H])C([2H])(OC(=O)[C@@H](N)C(C)C)C1([2H])[2H].[2H]c1c2c(c([2H])c(OC)c1OC)C1([2H])N(CC2)C([2H])([2H])C([2H])(C([2H])([2H])C([2H])(C)C([2H])([2H])[2H])C([2H])(OC(=O)[C@@H](N)C(C)C)C1([2H])[2H]. The maximum absolute atomic E-state index is 13.4. The van der Waals surface area contributed by atoms with Crippen molar-refractivity contribution in [1.82, 2.24) is 19.6 Å². The summed E-state index contributed by atoms with van der Waals surface area (Å²) in [7, 11) is -9.13. The molecule has 24 nitrogen and oxygen atoms in total. The highest BCUT2D eigenvalue weighted by Crippen LogP contribution is 2.50. The highest BCUT2D eigenvalue weighted by molar-refractivity contribution is 5.77. The largest absolute Gasteiger partial charge is 0.493 e. The van der Waals surface area contributed by atoms with Gasteiger partial charge in [0, 0.05) is 186 Å². The molecule has 4 aromatic carbocycles. The van der Waals surface area contributed by atoms with Crippen LogP contribution in [-0.4, -0.2) is 201 Å². The minimum Gasteiger partial charge on any atom is -0.493 e. The third-order valence-electron chi connectivity index (χ3n) is 18.5. The molecule has 0 spiro atoms. The Kier molecular flexibility index (Phi) is 13.9. The fourth-order valence-corrected chi connectivity index (χ4v) is 11.9. The number of rotatable bonds is 28. The Morgan fingerprint density at radius 1 is 0.367 bits per heavy atom. The van der Waals surface area contributed by atoms with Gasteiger partial charge in [-0.1, -0.05) is 110 Å². The summed E-state index contributed by atoms with van der Waals surface area (Å²) in [4.78, 5) is 54.5. The lowest BCUT2D eigenvalue weighted by molar-refractivity contribution is -0.161. The lowest BCUT2D eigenvalue weighted by Crippen LogP contribution is -2.51. The van der Waals surface area contributed by atoms with Gasteiger partial charge < -0.3 is 79.8 Å². The molecule has 4 fully saturated rings. The Hall–Kier alpha value is -7.16. The Bertz CT molecular complexity index is 7580. The van der Waals surface area contributed by atoms with E-state index < -0.39 is 467 Å². The van der Waals surface area contributed by atoms with Crippen molar-refractivity contribution in [3.05, 3.63) is 92.8 Å². The number of carbonyl (C=O) groups excluding carboxylic acids is 4. The highest BCUT2D eigenvalue weighted by Gasteiger charge is 2.47. The number of hydrogen-bond acceptors (Lipinski definition) is 24. The van der Waals surface area contributed by atoms with E-state index in [1.165, 1.54) is 62.5 Å². The maximum Gasteiger partial charge on any atom is 0.323 e. The summed E-state index contributed by atoms with van der Waals surface area (Å²) >= 11 is 0. The second-order valence-electron chi connectivity index (χ2n) is 28.8. The summed E-state index contributed by atoms with van der Waals surface area (Å²) in [6.07, 6.45) is -51.9. The summed E-state index contributed by atoms with van der Waals surface area (Å²) in [5, 5.41) is 0. The first-order chi connectivity index (χ1) is 84.8. The molecule has 0 aliphatic carbocycles. The van der Waals surface area contributed by atoms with Crippen molar-refractivity contribution in [2.75, 3.05) is 109 Å². The summed E-state index contributed by atoms with van der Waals surface area (Å²) in [5.41, 5.74) is 18.3. The molecule has 8 aliphatic rings. The van der Waals surface area contributed by atoms with Crippen molar-refractivity contribution < 1.29 is 175 Å². The van der Waals surface area contributed by atoms with Crippen molar-refractivity contribution in [3.63, 3.8) is 0 Å². The van der Waals surface area contributed by atoms with Crippen molar-refractivity contribution in [2.45, 2.75) is 260 Å². The fraction of sp³-hybridized carbons (Fsp3) is 0.708. The van der Waals surface area contributed by atoms with Crippen molar-refractivity contribution >= 4 is 23.9 Å². The standard InChI is InChI=1S/4C24H38N2O4/c4*1-14(2)9-17-13-26-8-7-16-10-21(28-5)22(29-6)11-18(16)19(26)12-20(17)30-24(27)23(25)15(3)4/h4*10-11,14-15,17,19-20,23H,7-9,12-13,25H2,1-6H3/t4*17?,19?,20?,23-/m0000/s1/i1D3,5D3,6D3,9D2,10D,11D,12D2,13D2,14D,17D,19D,20D;1D3,6D3,9D2,10D,11D,12D2,13D2,14D,17D,19D,20D;1D3,5D3,9D2,10D,11D,12D2,13D2,14D,17D,19D,20D;1D3,9D2,10D,11D,12D2,13D2,14D,17D,19D,20D/t4*14?,17?,19?,20?,23-. The number of fused-ring (bicyclic) bond motifs is 12. The molecule has 0 saturated carbocycles. The van der Waals surface area contributed by atoms with Gasteiger partial charge in [-0.3, -0.25) is 38.8 Å². The lowest BCUT2D eigenvalue weighted by Gasteiger charge is -2.47. The molecule has 8 N–H and O–H groups in total. The predicted molar refractivity (Wildman–Crippen MR) is 471 cm³/mol. The maximum atomic E-state index is 13.4. The minimum absolute atomic E-state index is 0.132. The summed E-state index contributed by atoms with van der Waals surface area (Å²) < 4.78 is 684. The fourth-order valence-electron chi connectivity index (χ4n) is 11.9. The molecular formula is C96H152N8O16. The van der Waals surface area contributed by atoms with Gasteiger partial charge in [-0.15, -0.1) is 0 Å². The number of hydrogen-bond donors (Lipinski definition) is 4. The van der Waals surface area contributed by atoms with Crippen LogP contribution in [0.25, 0.3) is 0 Å². The van der Waals surface area contributed by atoms with Gasteiger partial charge in [0.15, 0.2) is 46.0 Å². The molecule has 24 heteroatoms. The zero-order chi connectivity index (χ0) is 151. The molecule has 0 radical (unpaired) electrons. The van der Waals surface area contributed by atoms with E-state index in [2.05, 4.69) is 0 Å². The van der Waals surface area contributed by atoms with Crippen LogP contribution in [0.1, 0.15) is 329 Å². The van der Waals surface area contributed by atoms with E-state index in [0.717, 1.165) is 21.3 Å². The third kappa shape index (κ3) is 23.8. The topological polar surface area (TPSA) is 296 Å². The second kappa shape index (κ2) is 43.9. The van der Waals surface area contributed by atoms with Gasteiger partial charge in [0.05, 0.1) is 95.0 Å². The first-order valence-electron chi connectivity index (χ1n) is 73.4. The van der Waals surface area contributed by atoms with Gasteiger partial charge in [0.2, 0.25) is 0 Å². The molecule has 4 aromatic rings. The smallest absolute Gasteiger partial charge is 0.323 e. The predicted octanol–water partition coefficient (Wildman–Crippen LogP) is 14.3. The van der Waals surface area contributed by atoms with E-state index in [9.17, 15) is 57.6 Å². The van der Waals surface area contributed by atoms with Crippen LogP contribution in [0, 0.1) is 70.8 Å². The Labute approximate surface area is 819 Å². The average Bonchev–Trinajstić information content (AvgIpc) is 0.645. The van der Waals surface area contributed by atoms with Crippen LogP contribution in [0.15, 0.2) is 48.3 Å². The number of piperidine rings is 4. The van der Waals surface area contributed by atoms with Gasteiger partial charge in [-0.2, -0.15) is 0 Å². The molecule has 8 aliphatic heterocycles. The molecule has 120 heavy (non-hydrogen) atoms.